The molecule has 2 unspecified atom stereocenters. The topological polar surface area (TPSA) is 144 Å². The second kappa shape index (κ2) is 16.4. The Morgan fingerprint density at radius 3 is 2.30 bits per heavy atom. The number of methoxy groups -OCH3 is 3. The Bertz CT molecular complexity index is 2060. The number of thiophene rings is 1. The highest BCUT2D eigenvalue weighted by atomic mass is 32.2. The van der Waals surface area contributed by atoms with E-state index in [2.05, 4.69) is 38.3 Å². The molecule has 0 radical (unpaired) electrons. The molecule has 280 valence electrons. The molecule has 13 nitrogen and oxygen atoms in total. The van der Waals surface area contributed by atoms with Crippen LogP contribution in [0.25, 0.3) is 0 Å². The highest BCUT2D eigenvalue weighted by Crippen LogP contribution is 2.41. The van der Waals surface area contributed by atoms with Crippen molar-refractivity contribution in [2.45, 2.75) is 36.7 Å². The minimum Gasteiger partial charge on any atom is -0.493 e. The number of hydrogen-bond acceptors (Lipinski definition) is 12. The van der Waals surface area contributed by atoms with Crippen LogP contribution < -0.4 is 23.8 Å². The van der Waals surface area contributed by atoms with E-state index in [1.807, 2.05) is 30.3 Å². The summed E-state index contributed by atoms with van der Waals surface area (Å²) >= 11 is 0.939. The zero-order chi connectivity index (χ0) is 37.7. The molecular weight excluding hydrogens is 721 g/mol. The van der Waals surface area contributed by atoms with Gasteiger partial charge in [-0.05, 0) is 66.6 Å². The van der Waals surface area contributed by atoms with E-state index in [4.69, 9.17) is 14.2 Å². The summed E-state index contributed by atoms with van der Waals surface area (Å²) in [4.78, 5) is 46.0. The number of hydrogen-bond donors (Lipinski definition) is 1. The van der Waals surface area contributed by atoms with Gasteiger partial charge in [0.25, 0.3) is 11.8 Å². The quantitative estimate of drug-likeness (QED) is 0.0934. The van der Waals surface area contributed by atoms with Gasteiger partial charge in [0, 0.05) is 38.8 Å². The number of amides is 2. The fraction of sp³-hybridized carbons (Fsp3) is 0.342. The number of imide groups is 1. The Morgan fingerprint density at radius 2 is 1.60 bits per heavy atom. The number of carbonyl (C=O) groups excluding carboxylic acids is 3. The van der Waals surface area contributed by atoms with Gasteiger partial charge in [0.1, 0.15) is 4.90 Å². The summed E-state index contributed by atoms with van der Waals surface area (Å²) in [5, 5.41) is 1.36. The first kappa shape index (κ1) is 37.8. The summed E-state index contributed by atoms with van der Waals surface area (Å²) in [6.45, 7) is 5.12. The number of benzene rings is 3. The molecule has 2 aliphatic heterocycles. The Kier molecular flexibility index (Phi) is 11.7. The van der Waals surface area contributed by atoms with Crippen LogP contribution in [0.2, 0.25) is 0 Å². The van der Waals surface area contributed by atoms with Crippen LogP contribution >= 0.6 is 11.3 Å². The number of carbonyl (C=O) groups is 3. The van der Waals surface area contributed by atoms with Gasteiger partial charge < -0.3 is 23.8 Å². The molecule has 0 spiro atoms. The fourth-order valence-corrected chi connectivity index (χ4v) is 9.15. The molecule has 1 aromatic heterocycles. The molecule has 1 fully saturated rings. The molecule has 1 saturated heterocycles. The Labute approximate surface area is 313 Å². The van der Waals surface area contributed by atoms with E-state index < -0.39 is 34.0 Å². The summed E-state index contributed by atoms with van der Waals surface area (Å²) < 4.78 is 49.4. The van der Waals surface area contributed by atoms with E-state index in [9.17, 15) is 22.8 Å². The van der Waals surface area contributed by atoms with Gasteiger partial charge in [-0.25, -0.2) is 17.9 Å². The maximum Gasteiger partial charge on any atom is 0.514 e. The van der Waals surface area contributed by atoms with Crippen molar-refractivity contribution in [3.63, 3.8) is 0 Å². The van der Waals surface area contributed by atoms with E-state index in [1.165, 1.54) is 36.1 Å². The number of piperazine rings is 1. The molecule has 6 rings (SSSR count). The van der Waals surface area contributed by atoms with Crippen LogP contribution in [-0.2, 0) is 14.8 Å². The average molecular weight is 763 g/mol. The molecular formula is C38H42N4O9S2. The maximum atomic E-state index is 14.5. The summed E-state index contributed by atoms with van der Waals surface area (Å²) in [7, 11) is 0.0699. The Morgan fingerprint density at radius 1 is 0.868 bits per heavy atom. The minimum absolute atomic E-state index is 0.0280. The van der Waals surface area contributed by atoms with Gasteiger partial charge in [-0.15, -0.1) is 11.3 Å². The molecule has 4 aromatic rings. The summed E-state index contributed by atoms with van der Waals surface area (Å²) in [6.07, 6.45) is -0.563. The van der Waals surface area contributed by atoms with Crippen molar-refractivity contribution in [1.82, 2.24) is 14.5 Å². The normalized spacial score (nSPS) is 15.9. The molecule has 1 N–H and O–H groups in total. The molecule has 0 aliphatic carbocycles. The molecule has 2 aliphatic rings. The monoisotopic (exact) mass is 762 g/mol. The second-order valence-corrected chi connectivity index (χ2v) is 15.2. The lowest BCUT2D eigenvalue weighted by molar-refractivity contribution is 0.0572. The van der Waals surface area contributed by atoms with Gasteiger partial charge in [0.2, 0.25) is 15.1 Å². The van der Waals surface area contributed by atoms with Crippen molar-refractivity contribution >= 4 is 45.0 Å². The fourth-order valence-electron chi connectivity index (χ4n) is 6.88. The van der Waals surface area contributed by atoms with E-state index in [0.29, 0.717) is 41.3 Å². The Hall–Kier alpha value is -4.96. The maximum absolute atomic E-state index is 14.5. The zero-order valence-electron chi connectivity index (χ0n) is 29.9. The van der Waals surface area contributed by atoms with Crippen LogP contribution in [0.5, 0.6) is 16.6 Å². The van der Waals surface area contributed by atoms with Crippen LogP contribution in [0.4, 0.5) is 10.5 Å². The lowest BCUT2D eigenvalue weighted by atomic mass is 9.99. The number of anilines is 1. The van der Waals surface area contributed by atoms with Gasteiger partial charge in [-0.1, -0.05) is 42.5 Å². The first-order valence-corrected chi connectivity index (χ1v) is 19.5. The molecule has 3 heterocycles. The van der Waals surface area contributed by atoms with Gasteiger partial charge in [0.05, 0.1) is 44.2 Å². The van der Waals surface area contributed by atoms with Gasteiger partial charge >= 0.3 is 6.16 Å². The highest BCUT2D eigenvalue weighted by molar-refractivity contribution is 7.89. The van der Waals surface area contributed by atoms with Crippen LogP contribution in [0.1, 0.15) is 63.7 Å². The Balaban J connectivity index is 1.22. The lowest BCUT2D eigenvalue weighted by Gasteiger charge is -2.39. The predicted octanol–water partition coefficient (Wildman–Crippen LogP) is 5.89. The number of nitrogens with one attached hydrogen (secondary N) is 1. The molecule has 2 amide bonds. The van der Waals surface area contributed by atoms with E-state index in [1.54, 1.807) is 24.3 Å². The SMILES string of the molecule is COC(=O)Oc1sccc1S(=O)(=O)NCCCC(c1ccc(OC)c(OC)c1)N1C(=O)c2cccc(N3CCN(C(C)c4ccccc4)CC3)c2C1=O. The van der Waals surface area contributed by atoms with Gasteiger partial charge in [-0.2, -0.15) is 0 Å². The van der Waals surface area contributed by atoms with Gasteiger partial charge in [0.15, 0.2) is 11.5 Å². The van der Waals surface area contributed by atoms with E-state index >= 15 is 0 Å². The highest BCUT2D eigenvalue weighted by Gasteiger charge is 2.43. The van der Waals surface area contributed by atoms with Crippen LogP contribution in [0, 0.1) is 0 Å². The van der Waals surface area contributed by atoms with Gasteiger partial charge in [-0.3, -0.25) is 19.4 Å². The third-order valence-corrected chi connectivity index (χ3v) is 12.1. The summed E-state index contributed by atoms with van der Waals surface area (Å²) in [6, 6.07) is 21.8. The van der Waals surface area contributed by atoms with Crippen LogP contribution in [-0.4, -0.2) is 90.2 Å². The standard InChI is InChI=1S/C38H42N4O9S2/c1-25(26-10-6-5-7-11-26)40-19-21-41(22-20-40)30-13-8-12-28-34(30)36(44)42(35(28)43)29(27-15-16-31(48-2)32(24-27)49-3)14-9-18-39-53(46,47)33-17-23-52-37(33)51-38(45)50-4/h5-8,10-13,15-17,23-25,29,39H,9,14,18-22H2,1-4H3. The largest absolute Gasteiger partial charge is 0.514 e. The number of ether oxygens (including phenoxy) is 4. The first-order chi connectivity index (χ1) is 25.6. The van der Waals surface area contributed by atoms with Crippen LogP contribution in [0.15, 0.2) is 83.1 Å². The molecule has 3 aromatic carbocycles. The summed E-state index contributed by atoms with van der Waals surface area (Å²) in [5.41, 5.74) is 3.28. The van der Waals surface area contributed by atoms with E-state index in [-0.39, 0.29) is 35.4 Å². The minimum atomic E-state index is -4.08. The molecule has 0 saturated carbocycles. The zero-order valence-corrected chi connectivity index (χ0v) is 31.6. The van der Waals surface area contributed by atoms with Crippen molar-refractivity contribution in [3.8, 4) is 16.6 Å². The number of sulfonamides is 1. The number of fused-ring (bicyclic) bond motifs is 1. The predicted molar refractivity (Wildman–Crippen MR) is 200 cm³/mol. The van der Waals surface area contributed by atoms with E-state index in [0.717, 1.165) is 37.2 Å². The summed E-state index contributed by atoms with van der Waals surface area (Å²) in [5.74, 6) is 0.0652. The third kappa shape index (κ3) is 7.88. The van der Waals surface area contributed by atoms with Crippen molar-refractivity contribution in [1.29, 1.82) is 0 Å². The van der Waals surface area contributed by atoms with Crippen LogP contribution in [0.3, 0.4) is 0 Å². The molecule has 2 atom stereocenters. The number of rotatable bonds is 14. The lowest BCUT2D eigenvalue weighted by Crippen LogP contribution is -2.47. The van der Waals surface area contributed by atoms with Crippen molar-refractivity contribution < 1.29 is 41.7 Å². The number of nitrogens with zero attached hydrogens (tertiary/aromatic N) is 3. The molecule has 53 heavy (non-hydrogen) atoms. The molecule has 15 heteroatoms. The smallest absolute Gasteiger partial charge is 0.493 e. The second-order valence-electron chi connectivity index (χ2n) is 12.6. The van der Waals surface area contributed by atoms with Crippen molar-refractivity contribution in [3.05, 3.63) is 100 Å². The third-order valence-electron chi connectivity index (χ3n) is 9.69. The molecule has 0 bridgehead atoms. The average Bonchev–Trinajstić information content (AvgIpc) is 3.76. The van der Waals surface area contributed by atoms with Crippen molar-refractivity contribution in [2.75, 3.05) is 59.0 Å². The first-order valence-electron chi connectivity index (χ1n) is 17.2. The van der Waals surface area contributed by atoms with Crippen molar-refractivity contribution in [2.24, 2.45) is 0 Å².